The molecule has 21 heavy (non-hydrogen) atoms. The zero-order chi connectivity index (χ0) is 16.0. The molecule has 8 heteroatoms. The summed E-state index contributed by atoms with van der Waals surface area (Å²) in [5, 5.41) is 7.22. The maximum atomic E-state index is 11.7. The second kappa shape index (κ2) is 7.28. The first-order valence-corrected chi connectivity index (χ1v) is 7.89. The molecular weight excluding hydrogens is 296 g/mol. The van der Waals surface area contributed by atoms with Crippen LogP contribution in [0.3, 0.4) is 0 Å². The van der Waals surface area contributed by atoms with Crippen molar-refractivity contribution in [3.05, 3.63) is 24.3 Å². The number of anilines is 1. The Morgan fingerprint density at radius 3 is 2.38 bits per heavy atom. The van der Waals surface area contributed by atoms with Crippen LogP contribution < -0.4 is 9.46 Å². The van der Waals surface area contributed by atoms with E-state index in [2.05, 4.69) is 4.72 Å². The SMILES string of the molecule is CC(C(=O)O)S(=O)(=O)Nc1ccc(OCCN(C)C)cc1. The van der Waals surface area contributed by atoms with E-state index in [0.29, 0.717) is 18.0 Å². The predicted octanol–water partition coefficient (Wildman–Crippen LogP) is 0.842. The highest BCUT2D eigenvalue weighted by Gasteiger charge is 2.27. The first kappa shape index (κ1) is 17.3. The van der Waals surface area contributed by atoms with E-state index in [1.54, 1.807) is 12.1 Å². The number of benzene rings is 1. The normalized spacial score (nSPS) is 13.0. The van der Waals surface area contributed by atoms with Gasteiger partial charge in [0, 0.05) is 12.2 Å². The summed E-state index contributed by atoms with van der Waals surface area (Å²) in [7, 11) is -0.0799. The molecule has 0 radical (unpaired) electrons. The number of nitrogens with one attached hydrogen (secondary N) is 1. The molecule has 0 saturated heterocycles. The maximum Gasteiger partial charge on any atom is 0.323 e. The zero-order valence-corrected chi connectivity index (χ0v) is 13.1. The van der Waals surface area contributed by atoms with Gasteiger partial charge in [-0.3, -0.25) is 9.52 Å². The van der Waals surface area contributed by atoms with Gasteiger partial charge in [-0.05, 0) is 45.3 Å². The van der Waals surface area contributed by atoms with Crippen LogP contribution in [0, 0.1) is 0 Å². The molecule has 0 spiro atoms. The second-order valence-electron chi connectivity index (χ2n) is 4.80. The molecule has 0 saturated carbocycles. The molecule has 0 heterocycles. The van der Waals surface area contributed by atoms with Crippen LogP contribution in [0.25, 0.3) is 0 Å². The topological polar surface area (TPSA) is 95.9 Å². The van der Waals surface area contributed by atoms with Crippen molar-refractivity contribution in [3.8, 4) is 5.75 Å². The van der Waals surface area contributed by atoms with Crippen LogP contribution in [0.5, 0.6) is 5.75 Å². The second-order valence-corrected chi connectivity index (χ2v) is 6.80. The van der Waals surface area contributed by atoms with Gasteiger partial charge in [0.25, 0.3) is 0 Å². The Bertz CT molecular complexity index is 569. The number of nitrogens with zero attached hydrogens (tertiary/aromatic N) is 1. The minimum absolute atomic E-state index is 0.294. The third kappa shape index (κ3) is 5.60. The fourth-order valence-corrected chi connectivity index (χ4v) is 2.26. The number of ether oxygens (including phenoxy) is 1. The number of sulfonamides is 1. The van der Waals surface area contributed by atoms with Crippen molar-refractivity contribution in [1.82, 2.24) is 4.90 Å². The number of rotatable bonds is 8. The van der Waals surface area contributed by atoms with Gasteiger partial charge >= 0.3 is 5.97 Å². The number of likely N-dealkylation sites (N-methyl/N-ethyl adjacent to an activating group) is 1. The molecule has 7 nitrogen and oxygen atoms in total. The van der Waals surface area contributed by atoms with Crippen LogP contribution in [-0.4, -0.2) is 56.9 Å². The minimum atomic E-state index is -3.95. The summed E-state index contributed by atoms with van der Waals surface area (Å²) in [5.74, 6) is -0.780. The van der Waals surface area contributed by atoms with Crippen molar-refractivity contribution >= 4 is 21.7 Å². The third-order valence-electron chi connectivity index (χ3n) is 2.73. The Morgan fingerprint density at radius 1 is 1.33 bits per heavy atom. The molecule has 0 aromatic heterocycles. The zero-order valence-electron chi connectivity index (χ0n) is 12.2. The number of carboxylic acids is 1. The van der Waals surface area contributed by atoms with E-state index >= 15 is 0 Å². The standard InChI is InChI=1S/C13H20N2O5S/c1-10(13(16)17)21(18,19)14-11-4-6-12(7-5-11)20-9-8-15(2)3/h4-7,10,14H,8-9H2,1-3H3,(H,16,17). The van der Waals surface area contributed by atoms with E-state index in [-0.39, 0.29) is 0 Å². The molecule has 1 rings (SSSR count). The van der Waals surface area contributed by atoms with Gasteiger partial charge in [0.05, 0.1) is 0 Å². The van der Waals surface area contributed by atoms with Gasteiger partial charge in [-0.1, -0.05) is 0 Å². The number of aliphatic carboxylic acids is 1. The van der Waals surface area contributed by atoms with Crippen molar-refractivity contribution in [2.45, 2.75) is 12.2 Å². The van der Waals surface area contributed by atoms with Crippen molar-refractivity contribution in [3.63, 3.8) is 0 Å². The molecule has 0 aliphatic heterocycles. The van der Waals surface area contributed by atoms with Crippen LogP contribution in [0.1, 0.15) is 6.92 Å². The van der Waals surface area contributed by atoms with Crippen molar-refractivity contribution in [1.29, 1.82) is 0 Å². The van der Waals surface area contributed by atoms with Crippen molar-refractivity contribution in [2.75, 3.05) is 32.0 Å². The van der Waals surface area contributed by atoms with Crippen LogP contribution in [0.15, 0.2) is 24.3 Å². The third-order valence-corrected chi connectivity index (χ3v) is 4.39. The van der Waals surface area contributed by atoms with Crippen LogP contribution >= 0.6 is 0 Å². The quantitative estimate of drug-likeness (QED) is 0.738. The lowest BCUT2D eigenvalue weighted by Gasteiger charge is -2.13. The molecule has 0 aliphatic rings. The van der Waals surface area contributed by atoms with Crippen LogP contribution in [0.2, 0.25) is 0 Å². The highest BCUT2D eigenvalue weighted by atomic mass is 32.2. The number of hydrogen-bond acceptors (Lipinski definition) is 5. The number of carboxylic acid groups (broad SMARTS) is 1. The summed E-state index contributed by atoms with van der Waals surface area (Å²) >= 11 is 0. The lowest BCUT2D eigenvalue weighted by molar-refractivity contribution is -0.136. The van der Waals surface area contributed by atoms with Gasteiger partial charge in [0.2, 0.25) is 10.0 Å². The van der Waals surface area contributed by atoms with Crippen molar-refractivity contribution in [2.24, 2.45) is 0 Å². The molecule has 1 atom stereocenters. The highest BCUT2D eigenvalue weighted by molar-refractivity contribution is 7.94. The highest BCUT2D eigenvalue weighted by Crippen LogP contribution is 2.17. The number of carbonyl (C=O) groups is 1. The molecule has 0 fully saturated rings. The first-order chi connectivity index (χ1) is 9.72. The summed E-state index contributed by atoms with van der Waals surface area (Å²) in [6.07, 6.45) is 0. The van der Waals surface area contributed by atoms with Gasteiger partial charge in [0.15, 0.2) is 5.25 Å². The van der Waals surface area contributed by atoms with E-state index in [4.69, 9.17) is 9.84 Å². The lowest BCUT2D eigenvalue weighted by atomic mass is 10.3. The smallest absolute Gasteiger partial charge is 0.323 e. The summed E-state index contributed by atoms with van der Waals surface area (Å²) in [4.78, 5) is 12.7. The molecular formula is C13H20N2O5S. The molecule has 1 aromatic carbocycles. The average molecular weight is 316 g/mol. The Kier molecular flexibility index (Phi) is 5.98. The summed E-state index contributed by atoms with van der Waals surface area (Å²) in [6, 6.07) is 6.30. The predicted molar refractivity (Wildman–Crippen MR) is 80.1 cm³/mol. The van der Waals surface area contributed by atoms with E-state index in [9.17, 15) is 13.2 Å². The van der Waals surface area contributed by atoms with Gasteiger partial charge in [0.1, 0.15) is 12.4 Å². The summed E-state index contributed by atoms with van der Waals surface area (Å²) in [6.45, 7) is 2.40. The Labute approximate surface area is 124 Å². The Hall–Kier alpha value is -1.80. The fourth-order valence-electron chi connectivity index (χ4n) is 1.35. The van der Waals surface area contributed by atoms with Crippen LogP contribution in [0.4, 0.5) is 5.69 Å². The summed E-state index contributed by atoms with van der Waals surface area (Å²) in [5.41, 5.74) is 0.294. The molecule has 0 aliphatic carbocycles. The summed E-state index contributed by atoms with van der Waals surface area (Å²) < 4.78 is 31.2. The molecule has 0 amide bonds. The Balaban J connectivity index is 2.64. The van der Waals surface area contributed by atoms with E-state index in [1.165, 1.54) is 12.1 Å². The van der Waals surface area contributed by atoms with Gasteiger partial charge in [-0.15, -0.1) is 0 Å². The maximum absolute atomic E-state index is 11.7. The minimum Gasteiger partial charge on any atom is -0.492 e. The fraction of sp³-hybridized carbons (Fsp3) is 0.462. The molecule has 2 N–H and O–H groups in total. The van der Waals surface area contributed by atoms with Gasteiger partial charge in [-0.2, -0.15) is 0 Å². The van der Waals surface area contributed by atoms with Gasteiger partial charge < -0.3 is 14.7 Å². The van der Waals surface area contributed by atoms with Crippen LogP contribution in [-0.2, 0) is 14.8 Å². The molecule has 1 aromatic rings. The molecule has 0 bridgehead atoms. The van der Waals surface area contributed by atoms with E-state index in [1.807, 2.05) is 19.0 Å². The molecule has 1 unspecified atom stereocenters. The van der Waals surface area contributed by atoms with E-state index < -0.39 is 21.2 Å². The van der Waals surface area contributed by atoms with Crippen molar-refractivity contribution < 1.29 is 23.1 Å². The monoisotopic (exact) mass is 316 g/mol. The average Bonchev–Trinajstić information content (AvgIpc) is 2.39. The van der Waals surface area contributed by atoms with E-state index in [0.717, 1.165) is 13.5 Å². The lowest BCUT2D eigenvalue weighted by Crippen LogP contribution is -2.32. The first-order valence-electron chi connectivity index (χ1n) is 6.34. The van der Waals surface area contributed by atoms with Gasteiger partial charge in [-0.25, -0.2) is 8.42 Å². The number of hydrogen-bond donors (Lipinski definition) is 2. The Morgan fingerprint density at radius 2 is 1.90 bits per heavy atom. The largest absolute Gasteiger partial charge is 0.492 e. The molecule has 118 valence electrons.